The maximum Gasteiger partial charge on any atom is 0.270 e. The number of fused-ring (bicyclic) bond motifs is 1. The molecule has 2 aromatic rings. The first kappa shape index (κ1) is 16.2. The minimum absolute atomic E-state index is 0.0673. The normalized spacial score (nSPS) is 17.1. The number of hydrogen-bond acceptors (Lipinski definition) is 4. The van der Waals surface area contributed by atoms with Crippen LogP contribution in [0, 0.1) is 11.6 Å². The summed E-state index contributed by atoms with van der Waals surface area (Å²) in [6.07, 6.45) is -1.27. The van der Waals surface area contributed by atoms with E-state index in [4.69, 9.17) is 10.5 Å². The zero-order chi connectivity index (χ0) is 17.5. The van der Waals surface area contributed by atoms with Gasteiger partial charge in [0.2, 0.25) is 0 Å². The van der Waals surface area contributed by atoms with E-state index in [-0.39, 0.29) is 11.4 Å². The molecule has 0 aromatic heterocycles. The van der Waals surface area contributed by atoms with Gasteiger partial charge >= 0.3 is 0 Å². The van der Waals surface area contributed by atoms with Crippen LogP contribution in [0.1, 0.15) is 0 Å². The number of para-hydroxylation sites is 2. The lowest BCUT2D eigenvalue weighted by Gasteiger charge is -2.34. The van der Waals surface area contributed by atoms with Crippen LogP contribution < -0.4 is 14.8 Å². The van der Waals surface area contributed by atoms with Crippen molar-refractivity contribution in [1.29, 1.82) is 0 Å². The number of primary amides is 1. The molecule has 0 spiro atoms. The van der Waals surface area contributed by atoms with E-state index in [0.717, 1.165) is 22.5 Å². The highest BCUT2D eigenvalue weighted by Crippen LogP contribution is 2.37. The lowest BCUT2D eigenvalue weighted by Crippen LogP contribution is -2.49. The number of nitrogens with zero attached hydrogens (tertiary/aromatic N) is 1. The second kappa shape index (κ2) is 5.75. The van der Waals surface area contributed by atoms with Gasteiger partial charge in [-0.3, -0.25) is 9.10 Å². The monoisotopic (exact) mass is 354 g/mol. The van der Waals surface area contributed by atoms with Crippen LogP contribution in [0.4, 0.5) is 14.5 Å². The first-order valence-corrected chi connectivity index (χ1v) is 8.28. The number of anilines is 1. The Morgan fingerprint density at radius 2 is 1.75 bits per heavy atom. The van der Waals surface area contributed by atoms with Gasteiger partial charge in [0.1, 0.15) is 17.4 Å². The lowest BCUT2D eigenvalue weighted by molar-refractivity contribution is -0.124. The van der Waals surface area contributed by atoms with E-state index < -0.39 is 45.1 Å². The van der Waals surface area contributed by atoms with Crippen molar-refractivity contribution in [3.8, 4) is 5.75 Å². The predicted molar refractivity (Wildman–Crippen MR) is 80.9 cm³/mol. The third kappa shape index (κ3) is 2.56. The van der Waals surface area contributed by atoms with Crippen LogP contribution in [0.3, 0.4) is 0 Å². The number of nitrogens with two attached hydrogens (primary N) is 1. The van der Waals surface area contributed by atoms with Gasteiger partial charge in [0, 0.05) is 0 Å². The van der Waals surface area contributed by atoms with Crippen molar-refractivity contribution in [2.45, 2.75) is 11.0 Å². The molecule has 6 nitrogen and oxygen atoms in total. The van der Waals surface area contributed by atoms with Gasteiger partial charge in [-0.1, -0.05) is 18.2 Å². The molecule has 0 radical (unpaired) electrons. The van der Waals surface area contributed by atoms with Gasteiger partial charge in [0.15, 0.2) is 11.0 Å². The molecule has 0 fully saturated rings. The summed E-state index contributed by atoms with van der Waals surface area (Å²) in [5.41, 5.74) is 5.26. The third-order valence-corrected chi connectivity index (χ3v) is 5.35. The van der Waals surface area contributed by atoms with Gasteiger partial charge in [-0.15, -0.1) is 0 Å². The molecule has 2 N–H and O–H groups in total. The molecule has 3 rings (SSSR count). The van der Waals surface area contributed by atoms with E-state index in [1.807, 2.05) is 0 Å². The molecule has 126 valence electrons. The number of amides is 1. The summed E-state index contributed by atoms with van der Waals surface area (Å²) >= 11 is 0. The highest BCUT2D eigenvalue weighted by molar-refractivity contribution is 7.92. The number of carbonyl (C=O) groups excluding carboxylic acids is 1. The second-order valence-corrected chi connectivity index (χ2v) is 6.86. The molecular weight excluding hydrogens is 342 g/mol. The van der Waals surface area contributed by atoms with Crippen LogP contribution in [-0.2, 0) is 14.8 Å². The number of hydrogen-bond donors (Lipinski definition) is 1. The van der Waals surface area contributed by atoms with Crippen molar-refractivity contribution in [3.05, 3.63) is 54.1 Å². The molecule has 9 heteroatoms. The number of rotatable bonds is 3. The zero-order valence-electron chi connectivity index (χ0n) is 12.1. The van der Waals surface area contributed by atoms with Crippen LogP contribution in [0.2, 0.25) is 0 Å². The molecule has 0 unspecified atom stereocenters. The maximum absolute atomic E-state index is 14.0. The zero-order valence-corrected chi connectivity index (χ0v) is 13.0. The van der Waals surface area contributed by atoms with Crippen LogP contribution in [0.15, 0.2) is 47.4 Å². The quantitative estimate of drug-likeness (QED) is 0.902. The Morgan fingerprint density at radius 1 is 1.12 bits per heavy atom. The van der Waals surface area contributed by atoms with Gasteiger partial charge < -0.3 is 10.5 Å². The van der Waals surface area contributed by atoms with Gasteiger partial charge in [-0.25, -0.2) is 17.2 Å². The fourth-order valence-corrected chi connectivity index (χ4v) is 4.01. The summed E-state index contributed by atoms with van der Waals surface area (Å²) < 4.78 is 59.6. The van der Waals surface area contributed by atoms with Gasteiger partial charge in [0.25, 0.3) is 15.9 Å². The molecule has 24 heavy (non-hydrogen) atoms. The molecule has 2 aromatic carbocycles. The Balaban J connectivity index is 2.18. The van der Waals surface area contributed by atoms with Crippen LogP contribution in [-0.4, -0.2) is 27.0 Å². The van der Waals surface area contributed by atoms with Crippen LogP contribution in [0.5, 0.6) is 5.75 Å². The summed E-state index contributed by atoms with van der Waals surface area (Å²) in [6.45, 7) is -0.484. The highest BCUT2D eigenvalue weighted by Gasteiger charge is 2.39. The standard InChI is InChI=1S/C15H12F2N2O4S/c16-9-4-3-5-10(17)14(9)24(21,22)19-8-13(15(18)20)23-12-7-2-1-6-11(12)19/h1-7,13H,8H2,(H2,18,20)/t13-/m0/s1. The van der Waals surface area contributed by atoms with E-state index in [1.165, 1.54) is 18.2 Å². The molecule has 0 bridgehead atoms. The van der Waals surface area contributed by atoms with Crippen molar-refractivity contribution < 1.29 is 26.7 Å². The van der Waals surface area contributed by atoms with Crippen molar-refractivity contribution in [2.75, 3.05) is 10.8 Å². The van der Waals surface area contributed by atoms with E-state index >= 15 is 0 Å². The fourth-order valence-electron chi connectivity index (χ4n) is 2.42. The Bertz CT molecular complexity index is 897. The molecule has 1 amide bonds. The minimum Gasteiger partial charge on any atom is -0.476 e. The molecule has 0 saturated carbocycles. The van der Waals surface area contributed by atoms with Gasteiger partial charge in [-0.05, 0) is 24.3 Å². The largest absolute Gasteiger partial charge is 0.476 e. The fraction of sp³-hybridized carbons (Fsp3) is 0.133. The average Bonchev–Trinajstić information content (AvgIpc) is 2.53. The maximum atomic E-state index is 14.0. The number of sulfonamides is 1. The molecular formula is C15H12F2N2O4S. The third-order valence-electron chi connectivity index (χ3n) is 3.52. The average molecular weight is 354 g/mol. The smallest absolute Gasteiger partial charge is 0.270 e. The predicted octanol–water partition coefficient (Wildman–Crippen LogP) is 1.41. The molecule has 1 heterocycles. The van der Waals surface area contributed by atoms with Crippen molar-refractivity contribution in [2.24, 2.45) is 5.73 Å². The number of benzene rings is 2. The molecule has 1 atom stereocenters. The van der Waals surface area contributed by atoms with Gasteiger partial charge in [-0.2, -0.15) is 0 Å². The molecule has 1 aliphatic rings. The summed E-state index contributed by atoms with van der Waals surface area (Å²) in [6, 6.07) is 8.68. The van der Waals surface area contributed by atoms with Crippen molar-refractivity contribution in [3.63, 3.8) is 0 Å². The highest BCUT2D eigenvalue weighted by atomic mass is 32.2. The topological polar surface area (TPSA) is 89.7 Å². The second-order valence-electron chi connectivity index (χ2n) is 5.06. The van der Waals surface area contributed by atoms with Crippen LogP contribution >= 0.6 is 0 Å². The first-order chi connectivity index (χ1) is 11.3. The van der Waals surface area contributed by atoms with E-state index in [1.54, 1.807) is 6.07 Å². The molecule has 0 aliphatic carbocycles. The molecule has 1 aliphatic heterocycles. The summed E-state index contributed by atoms with van der Waals surface area (Å²) in [5.74, 6) is -3.27. The van der Waals surface area contributed by atoms with E-state index in [9.17, 15) is 22.0 Å². The van der Waals surface area contributed by atoms with Crippen molar-refractivity contribution in [1.82, 2.24) is 0 Å². The number of ether oxygens (including phenoxy) is 1. The van der Waals surface area contributed by atoms with E-state index in [2.05, 4.69) is 0 Å². The molecule has 0 saturated heterocycles. The summed E-state index contributed by atoms with van der Waals surface area (Å²) in [4.78, 5) is 10.3. The number of halogens is 2. The van der Waals surface area contributed by atoms with E-state index in [0.29, 0.717) is 0 Å². The van der Waals surface area contributed by atoms with Gasteiger partial charge in [0.05, 0.1) is 12.2 Å². The van der Waals surface area contributed by atoms with Crippen molar-refractivity contribution >= 4 is 21.6 Å². The lowest BCUT2D eigenvalue weighted by atomic mass is 10.2. The first-order valence-electron chi connectivity index (χ1n) is 6.84. The number of carbonyl (C=O) groups is 1. The Kier molecular flexibility index (Phi) is 3.88. The van der Waals surface area contributed by atoms with Crippen LogP contribution in [0.25, 0.3) is 0 Å². The Labute approximate surface area is 136 Å². The Morgan fingerprint density at radius 3 is 2.38 bits per heavy atom. The summed E-state index contributed by atoms with van der Waals surface area (Å²) in [5, 5.41) is 0. The minimum atomic E-state index is -4.61. The Hall–Kier alpha value is -2.68. The SMILES string of the molecule is NC(=O)[C@@H]1CN(S(=O)(=O)c2c(F)cccc2F)c2ccccc2O1. The summed E-state index contributed by atoms with van der Waals surface area (Å²) in [7, 11) is -4.61.